The summed E-state index contributed by atoms with van der Waals surface area (Å²) < 4.78 is 0. The molecule has 0 amide bonds. The van der Waals surface area contributed by atoms with Crippen LogP contribution in [0.2, 0.25) is 24.2 Å². The van der Waals surface area contributed by atoms with Crippen molar-refractivity contribution in [1.82, 2.24) is 0 Å². The molecule has 0 aromatic carbocycles. The Kier molecular flexibility index (Phi) is 5.79. The van der Waals surface area contributed by atoms with Gasteiger partial charge in [0, 0.05) is 5.92 Å². The highest BCUT2D eigenvalue weighted by molar-refractivity contribution is 6.80. The van der Waals surface area contributed by atoms with Crippen molar-refractivity contribution in [2.24, 2.45) is 5.92 Å². The molecule has 0 aliphatic rings. The molecule has 90 valence electrons. The van der Waals surface area contributed by atoms with E-state index in [2.05, 4.69) is 40.8 Å². The van der Waals surface area contributed by atoms with Crippen LogP contribution in [0.5, 0.6) is 0 Å². The van der Waals surface area contributed by atoms with E-state index in [4.69, 9.17) is 0 Å². The monoisotopic (exact) mass is 228 g/mol. The van der Waals surface area contributed by atoms with Crippen molar-refractivity contribution in [3.05, 3.63) is 0 Å². The van der Waals surface area contributed by atoms with Crippen molar-refractivity contribution in [1.29, 1.82) is 0 Å². The maximum atomic E-state index is 11.0. The van der Waals surface area contributed by atoms with Gasteiger partial charge in [-0.05, 0) is 17.5 Å². The highest BCUT2D eigenvalue weighted by atomic mass is 28.3. The van der Waals surface area contributed by atoms with Crippen LogP contribution >= 0.6 is 0 Å². The van der Waals surface area contributed by atoms with Gasteiger partial charge in [0.25, 0.3) is 0 Å². The fraction of sp³-hybridized carbons (Fsp3) is 0.923. The van der Waals surface area contributed by atoms with Gasteiger partial charge in [-0.15, -0.1) is 0 Å². The molecule has 0 saturated carbocycles. The molecule has 0 radical (unpaired) electrons. The summed E-state index contributed by atoms with van der Waals surface area (Å²) in [5, 5.41) is 0.403. The Morgan fingerprint density at radius 1 is 1.27 bits per heavy atom. The standard InChI is InChI=1S/C13H28OSi/c1-7-8-9-12(10-14)11-15(5,6)13(2,3)4/h10,12H,7-9,11H2,1-6H3. The number of carbonyl (C=O) groups is 1. The van der Waals surface area contributed by atoms with Gasteiger partial charge in [0.05, 0.1) is 8.07 Å². The number of hydrogen-bond acceptors (Lipinski definition) is 1. The van der Waals surface area contributed by atoms with Gasteiger partial charge in [0.1, 0.15) is 6.29 Å². The third kappa shape index (κ3) is 4.96. The molecule has 0 bridgehead atoms. The zero-order valence-corrected chi connectivity index (χ0v) is 12.4. The van der Waals surface area contributed by atoms with E-state index in [1.54, 1.807) is 0 Å². The number of aldehydes is 1. The number of hydrogen-bond donors (Lipinski definition) is 0. The van der Waals surface area contributed by atoms with E-state index < -0.39 is 8.07 Å². The zero-order chi connectivity index (χ0) is 12.1. The van der Waals surface area contributed by atoms with Crippen LogP contribution in [-0.4, -0.2) is 14.4 Å². The van der Waals surface area contributed by atoms with Gasteiger partial charge < -0.3 is 4.79 Å². The molecule has 0 aromatic rings. The summed E-state index contributed by atoms with van der Waals surface area (Å²) in [4.78, 5) is 11.0. The predicted molar refractivity (Wildman–Crippen MR) is 71.1 cm³/mol. The minimum absolute atomic E-state index is 0.311. The second-order valence-corrected chi connectivity index (χ2v) is 12.1. The van der Waals surface area contributed by atoms with Crippen molar-refractivity contribution in [2.75, 3.05) is 0 Å². The van der Waals surface area contributed by atoms with Gasteiger partial charge in [0.2, 0.25) is 0 Å². The molecule has 0 aliphatic heterocycles. The summed E-state index contributed by atoms with van der Waals surface area (Å²) >= 11 is 0. The first-order valence-corrected chi connectivity index (χ1v) is 9.40. The molecule has 1 unspecified atom stereocenters. The van der Waals surface area contributed by atoms with Crippen LogP contribution in [0.1, 0.15) is 47.0 Å². The topological polar surface area (TPSA) is 17.1 Å². The Hall–Kier alpha value is -0.113. The Morgan fingerprint density at radius 2 is 1.80 bits per heavy atom. The van der Waals surface area contributed by atoms with Gasteiger partial charge in [0.15, 0.2) is 0 Å². The Labute approximate surface area is 96.7 Å². The highest BCUT2D eigenvalue weighted by Crippen LogP contribution is 2.40. The van der Waals surface area contributed by atoms with Crippen LogP contribution in [0.15, 0.2) is 0 Å². The molecule has 15 heavy (non-hydrogen) atoms. The van der Waals surface area contributed by atoms with E-state index in [0.29, 0.717) is 11.0 Å². The molecule has 0 rings (SSSR count). The lowest BCUT2D eigenvalue weighted by Gasteiger charge is -2.38. The number of carbonyl (C=O) groups excluding carboxylic acids is 1. The highest BCUT2D eigenvalue weighted by Gasteiger charge is 2.36. The van der Waals surface area contributed by atoms with Crippen molar-refractivity contribution >= 4 is 14.4 Å². The van der Waals surface area contributed by atoms with Crippen molar-refractivity contribution in [2.45, 2.75) is 71.1 Å². The quantitative estimate of drug-likeness (QED) is 0.483. The van der Waals surface area contributed by atoms with Crippen LogP contribution < -0.4 is 0 Å². The van der Waals surface area contributed by atoms with Crippen molar-refractivity contribution in [3.8, 4) is 0 Å². The average Bonchev–Trinajstić information content (AvgIpc) is 2.10. The fourth-order valence-corrected chi connectivity index (χ4v) is 3.87. The Balaban J connectivity index is 4.34. The maximum absolute atomic E-state index is 11.0. The molecule has 1 nitrogen and oxygen atoms in total. The Morgan fingerprint density at radius 3 is 2.13 bits per heavy atom. The van der Waals surface area contributed by atoms with Gasteiger partial charge in [-0.2, -0.15) is 0 Å². The molecule has 0 heterocycles. The van der Waals surface area contributed by atoms with Gasteiger partial charge in [-0.3, -0.25) is 0 Å². The van der Waals surface area contributed by atoms with Gasteiger partial charge in [-0.1, -0.05) is 53.6 Å². The Bertz CT molecular complexity index is 191. The first-order valence-electron chi connectivity index (χ1n) is 6.20. The van der Waals surface area contributed by atoms with E-state index >= 15 is 0 Å². The summed E-state index contributed by atoms with van der Waals surface area (Å²) in [5.41, 5.74) is 0. The van der Waals surface area contributed by atoms with Crippen LogP contribution in [-0.2, 0) is 4.79 Å². The smallest absolute Gasteiger partial charge is 0.122 e. The fourth-order valence-electron chi connectivity index (χ4n) is 1.65. The zero-order valence-electron chi connectivity index (χ0n) is 11.4. The van der Waals surface area contributed by atoms with Crippen molar-refractivity contribution < 1.29 is 4.79 Å². The van der Waals surface area contributed by atoms with Crippen LogP contribution in [0, 0.1) is 5.92 Å². The molecule has 0 spiro atoms. The molecule has 0 N–H and O–H groups in total. The summed E-state index contributed by atoms with van der Waals surface area (Å²) in [6, 6.07) is 1.15. The molecular weight excluding hydrogens is 200 g/mol. The molecule has 0 saturated heterocycles. The second-order valence-electron chi connectivity index (χ2n) is 6.38. The van der Waals surface area contributed by atoms with Crippen molar-refractivity contribution in [3.63, 3.8) is 0 Å². The molecule has 0 aliphatic carbocycles. The molecule has 1 atom stereocenters. The SMILES string of the molecule is CCCCC(C=O)C[Si](C)(C)C(C)(C)C. The van der Waals surface area contributed by atoms with E-state index in [9.17, 15) is 4.79 Å². The maximum Gasteiger partial charge on any atom is 0.122 e. The number of unbranched alkanes of at least 4 members (excludes halogenated alkanes) is 1. The van der Waals surface area contributed by atoms with Gasteiger partial charge in [-0.25, -0.2) is 0 Å². The molecule has 0 aromatic heterocycles. The van der Waals surface area contributed by atoms with Gasteiger partial charge >= 0.3 is 0 Å². The first-order chi connectivity index (χ1) is 6.74. The third-order valence-corrected chi connectivity index (χ3v) is 9.53. The predicted octanol–water partition coefficient (Wildman–Crippen LogP) is 4.50. The van der Waals surface area contributed by atoms with E-state index in [-0.39, 0.29) is 0 Å². The average molecular weight is 228 g/mol. The summed E-state index contributed by atoms with van der Waals surface area (Å²) in [6.07, 6.45) is 4.67. The lowest BCUT2D eigenvalue weighted by atomic mass is 10.1. The normalized spacial score (nSPS) is 15.1. The van der Waals surface area contributed by atoms with Crippen LogP contribution in [0.4, 0.5) is 0 Å². The minimum Gasteiger partial charge on any atom is -0.303 e. The molecule has 0 fully saturated rings. The molecule has 2 heteroatoms. The summed E-state index contributed by atoms with van der Waals surface area (Å²) in [6.45, 7) is 14.0. The van der Waals surface area contributed by atoms with E-state index in [1.807, 2.05) is 0 Å². The second kappa shape index (κ2) is 5.83. The molecular formula is C13H28OSi. The third-order valence-electron chi connectivity index (χ3n) is 3.92. The largest absolute Gasteiger partial charge is 0.303 e. The first kappa shape index (κ1) is 14.9. The lowest BCUT2D eigenvalue weighted by molar-refractivity contribution is -0.110. The summed E-state index contributed by atoms with van der Waals surface area (Å²) in [5.74, 6) is 0.311. The summed E-state index contributed by atoms with van der Waals surface area (Å²) in [7, 11) is -1.27. The number of rotatable bonds is 6. The van der Waals surface area contributed by atoms with E-state index in [1.165, 1.54) is 19.1 Å². The van der Waals surface area contributed by atoms with Crippen LogP contribution in [0.3, 0.4) is 0 Å². The lowest BCUT2D eigenvalue weighted by Crippen LogP contribution is -2.39. The van der Waals surface area contributed by atoms with E-state index in [0.717, 1.165) is 12.5 Å². The minimum atomic E-state index is -1.27. The van der Waals surface area contributed by atoms with Crippen LogP contribution in [0.25, 0.3) is 0 Å².